The van der Waals surface area contributed by atoms with Gasteiger partial charge in [0.15, 0.2) is 5.16 Å². The molecule has 0 fully saturated rings. The number of thiophene rings is 1. The number of nitrogens with zero attached hydrogens (tertiary/aromatic N) is 4. The molecule has 2 aromatic carbocycles. The molecular weight excluding hydrogens is 532 g/mol. The van der Waals surface area contributed by atoms with Crippen LogP contribution in [0.2, 0.25) is 0 Å². The lowest BCUT2D eigenvalue weighted by molar-refractivity contribution is 0.389. The van der Waals surface area contributed by atoms with Gasteiger partial charge in [-0.3, -0.25) is 9.36 Å². The second kappa shape index (κ2) is 10.9. The Balaban J connectivity index is 1.38. The summed E-state index contributed by atoms with van der Waals surface area (Å²) in [4.78, 5) is 25.7. The van der Waals surface area contributed by atoms with Crippen molar-refractivity contribution in [3.8, 4) is 28.6 Å². The van der Waals surface area contributed by atoms with E-state index in [1.165, 1.54) is 27.8 Å². The summed E-state index contributed by atoms with van der Waals surface area (Å²) in [5.74, 6) is 2.47. The fourth-order valence-electron chi connectivity index (χ4n) is 4.93. The molecule has 0 spiro atoms. The zero-order valence-electron chi connectivity index (χ0n) is 22.0. The Bertz CT molecular complexity index is 1710. The molecule has 8 nitrogen and oxygen atoms in total. The summed E-state index contributed by atoms with van der Waals surface area (Å²) in [6.45, 7) is 2.12. The van der Waals surface area contributed by atoms with Gasteiger partial charge in [0.1, 0.15) is 16.3 Å². The number of benzene rings is 2. The summed E-state index contributed by atoms with van der Waals surface area (Å²) in [6.07, 6.45) is 5.15. The molecule has 10 heteroatoms. The van der Waals surface area contributed by atoms with E-state index in [1.807, 2.05) is 24.3 Å². The molecule has 0 saturated heterocycles. The Morgan fingerprint density at radius 3 is 2.64 bits per heavy atom. The van der Waals surface area contributed by atoms with E-state index in [1.54, 1.807) is 36.2 Å². The van der Waals surface area contributed by atoms with Gasteiger partial charge in [-0.15, -0.1) is 11.3 Å². The van der Waals surface area contributed by atoms with Gasteiger partial charge in [0.25, 0.3) is 5.56 Å². The normalized spacial score (nSPS) is 13.0. The lowest BCUT2D eigenvalue weighted by Crippen LogP contribution is -2.22. The van der Waals surface area contributed by atoms with Crippen LogP contribution in [0.4, 0.5) is 0 Å². The van der Waals surface area contributed by atoms with Crippen LogP contribution in [0.25, 0.3) is 27.3 Å². The van der Waals surface area contributed by atoms with Crippen molar-refractivity contribution in [3.63, 3.8) is 0 Å². The zero-order chi connectivity index (χ0) is 26.9. The number of methoxy groups -OCH3 is 2. The highest BCUT2D eigenvalue weighted by Crippen LogP contribution is 2.36. The fraction of sp³-hybridized carbons (Fsp3) is 0.310. The van der Waals surface area contributed by atoms with E-state index < -0.39 is 0 Å². The molecule has 0 atom stereocenters. The maximum absolute atomic E-state index is 14.0. The van der Waals surface area contributed by atoms with Crippen molar-refractivity contribution in [3.05, 3.63) is 74.7 Å². The largest absolute Gasteiger partial charge is 0.497 e. The van der Waals surface area contributed by atoms with Gasteiger partial charge >= 0.3 is 0 Å². The van der Waals surface area contributed by atoms with Crippen LogP contribution >= 0.6 is 23.1 Å². The molecule has 0 saturated carbocycles. The third kappa shape index (κ3) is 4.83. The van der Waals surface area contributed by atoms with Crippen LogP contribution in [0.3, 0.4) is 0 Å². The molecule has 3 heterocycles. The van der Waals surface area contributed by atoms with E-state index in [2.05, 4.69) is 29.2 Å². The number of fused-ring (bicyclic) bond motifs is 3. The number of ether oxygens (including phenoxy) is 2. The number of rotatable bonds is 8. The molecule has 0 bridgehead atoms. The number of thioether (sulfide) groups is 1. The van der Waals surface area contributed by atoms with Crippen molar-refractivity contribution in [1.82, 2.24) is 19.7 Å². The summed E-state index contributed by atoms with van der Waals surface area (Å²) >= 11 is 3.07. The van der Waals surface area contributed by atoms with Gasteiger partial charge in [-0.1, -0.05) is 36.0 Å². The highest BCUT2D eigenvalue weighted by atomic mass is 32.2. The minimum atomic E-state index is -0.0153. The Morgan fingerprint density at radius 2 is 1.87 bits per heavy atom. The van der Waals surface area contributed by atoms with Crippen molar-refractivity contribution in [2.45, 2.75) is 49.9 Å². The van der Waals surface area contributed by atoms with Crippen LogP contribution in [0.1, 0.15) is 41.7 Å². The van der Waals surface area contributed by atoms with E-state index in [9.17, 15) is 4.79 Å². The van der Waals surface area contributed by atoms with Crippen molar-refractivity contribution in [1.29, 1.82) is 0 Å². The smallest absolute Gasteiger partial charge is 0.267 e. The lowest BCUT2D eigenvalue weighted by atomic mass is 9.97. The van der Waals surface area contributed by atoms with Gasteiger partial charge in [-0.2, -0.15) is 4.98 Å². The van der Waals surface area contributed by atoms with Crippen LogP contribution in [0.15, 0.2) is 56.9 Å². The van der Waals surface area contributed by atoms with Crippen LogP contribution in [0.5, 0.6) is 11.5 Å². The minimum absolute atomic E-state index is 0.0153. The van der Waals surface area contributed by atoms with E-state index in [4.69, 9.17) is 19.0 Å². The number of hydrogen-bond donors (Lipinski definition) is 0. The average molecular weight is 561 g/mol. The second-order valence-corrected chi connectivity index (χ2v) is 11.3. The van der Waals surface area contributed by atoms with E-state index in [0.29, 0.717) is 39.7 Å². The SMILES string of the molecule is CCc1ccc(-n2c(SCc3nc(-c4cc(OC)ccc4OC)no3)nc3sc4c(c3c2=O)CCCC4)cc1. The molecule has 39 heavy (non-hydrogen) atoms. The van der Waals surface area contributed by atoms with Gasteiger partial charge < -0.3 is 14.0 Å². The zero-order valence-corrected chi connectivity index (χ0v) is 23.7. The molecule has 6 rings (SSSR count). The maximum atomic E-state index is 14.0. The third-order valence-corrected chi connectivity index (χ3v) is 9.11. The quantitative estimate of drug-likeness (QED) is 0.162. The molecule has 5 aromatic rings. The first-order valence-corrected chi connectivity index (χ1v) is 14.7. The van der Waals surface area contributed by atoms with E-state index in [0.717, 1.165) is 48.0 Å². The molecule has 0 amide bonds. The summed E-state index contributed by atoms with van der Waals surface area (Å²) < 4.78 is 18.1. The maximum Gasteiger partial charge on any atom is 0.267 e. The molecule has 1 aliphatic carbocycles. The van der Waals surface area contributed by atoms with Gasteiger partial charge in [0.05, 0.1) is 36.6 Å². The molecule has 0 unspecified atom stereocenters. The Labute approximate surface area is 234 Å². The van der Waals surface area contributed by atoms with Gasteiger partial charge in [-0.05, 0) is 73.6 Å². The molecular formula is C29H28N4O4S2. The fourth-order valence-corrected chi connectivity index (χ4v) is 7.08. The molecule has 0 radical (unpaired) electrons. The predicted octanol–water partition coefficient (Wildman–Crippen LogP) is 6.25. The molecule has 0 N–H and O–H groups in total. The predicted molar refractivity (Wildman–Crippen MR) is 154 cm³/mol. The standard InChI is InChI=1S/C29H28N4O4S2/c1-4-17-9-11-18(12-10-17)33-28(34)25-20-7-5-6-8-23(20)39-27(25)31-29(33)38-16-24-30-26(32-37-24)21-15-19(35-2)13-14-22(21)36-3/h9-15H,4-8,16H2,1-3H3. The van der Waals surface area contributed by atoms with Crippen molar-refractivity contribution < 1.29 is 14.0 Å². The van der Waals surface area contributed by atoms with Crippen molar-refractivity contribution in [2.75, 3.05) is 14.2 Å². The lowest BCUT2D eigenvalue weighted by Gasteiger charge is -2.13. The Hall–Kier alpha value is -3.63. The molecule has 0 aliphatic heterocycles. The van der Waals surface area contributed by atoms with Crippen LogP contribution < -0.4 is 15.0 Å². The van der Waals surface area contributed by atoms with Gasteiger partial charge in [0.2, 0.25) is 11.7 Å². The van der Waals surface area contributed by atoms with Crippen molar-refractivity contribution >= 4 is 33.3 Å². The monoisotopic (exact) mass is 560 g/mol. The number of hydrogen-bond acceptors (Lipinski definition) is 9. The first-order chi connectivity index (χ1) is 19.1. The summed E-state index contributed by atoms with van der Waals surface area (Å²) in [7, 11) is 3.20. The van der Waals surface area contributed by atoms with Gasteiger partial charge in [-0.25, -0.2) is 4.98 Å². The third-order valence-electron chi connectivity index (χ3n) is 7.00. The highest BCUT2D eigenvalue weighted by Gasteiger charge is 2.23. The first-order valence-electron chi connectivity index (χ1n) is 12.9. The molecule has 3 aromatic heterocycles. The van der Waals surface area contributed by atoms with Gasteiger partial charge in [0, 0.05) is 4.88 Å². The van der Waals surface area contributed by atoms with Crippen LogP contribution in [-0.4, -0.2) is 33.9 Å². The Kier molecular flexibility index (Phi) is 7.14. The molecule has 200 valence electrons. The summed E-state index contributed by atoms with van der Waals surface area (Å²) in [5, 5.41) is 5.55. The highest BCUT2D eigenvalue weighted by molar-refractivity contribution is 7.98. The second-order valence-electron chi connectivity index (χ2n) is 9.31. The first kappa shape index (κ1) is 25.6. The average Bonchev–Trinajstić information content (AvgIpc) is 3.60. The number of aryl methyl sites for hydroxylation is 3. The van der Waals surface area contributed by atoms with Crippen LogP contribution in [0, 0.1) is 0 Å². The number of aromatic nitrogens is 4. The Morgan fingerprint density at radius 1 is 1.05 bits per heavy atom. The van der Waals surface area contributed by atoms with E-state index >= 15 is 0 Å². The summed E-state index contributed by atoms with van der Waals surface area (Å²) in [5.41, 5.74) is 3.86. The minimum Gasteiger partial charge on any atom is -0.497 e. The van der Waals surface area contributed by atoms with Crippen LogP contribution in [-0.2, 0) is 25.0 Å². The van der Waals surface area contributed by atoms with E-state index in [-0.39, 0.29) is 5.56 Å². The molecule has 1 aliphatic rings. The topological polar surface area (TPSA) is 92.3 Å². The van der Waals surface area contributed by atoms with Crippen molar-refractivity contribution in [2.24, 2.45) is 0 Å². The summed E-state index contributed by atoms with van der Waals surface area (Å²) in [6, 6.07) is 13.6.